The summed E-state index contributed by atoms with van der Waals surface area (Å²) in [5.74, 6) is 1.95. The number of carbonyl (C=O) groups is 1. The molecule has 2 heterocycles. The fourth-order valence-corrected chi connectivity index (χ4v) is 3.24. The van der Waals surface area contributed by atoms with Crippen LogP contribution in [-0.2, 0) is 11.2 Å². The molecule has 0 aliphatic heterocycles. The Morgan fingerprint density at radius 2 is 1.88 bits per heavy atom. The van der Waals surface area contributed by atoms with Gasteiger partial charge in [0.15, 0.2) is 5.82 Å². The first kappa shape index (κ1) is 21.2. The van der Waals surface area contributed by atoms with Crippen molar-refractivity contribution < 1.29 is 18.5 Å². The van der Waals surface area contributed by atoms with E-state index < -0.39 is 6.04 Å². The predicted octanol–water partition coefficient (Wildman–Crippen LogP) is 3.58. The average Bonchev–Trinajstić information content (AvgIpc) is 3.46. The lowest BCUT2D eigenvalue weighted by molar-refractivity contribution is -0.121. The topological polar surface area (TPSA) is 116 Å². The fourth-order valence-electron chi connectivity index (χ4n) is 3.24. The van der Waals surface area contributed by atoms with Crippen molar-refractivity contribution >= 4 is 5.91 Å². The van der Waals surface area contributed by atoms with Crippen LogP contribution in [0, 0.1) is 13.8 Å². The molecule has 32 heavy (non-hydrogen) atoms. The summed E-state index contributed by atoms with van der Waals surface area (Å²) < 4.78 is 16.3. The molecule has 0 aliphatic rings. The summed E-state index contributed by atoms with van der Waals surface area (Å²) in [6.07, 6.45) is 0.451. The number of hydrogen-bond acceptors (Lipinski definition) is 8. The summed E-state index contributed by atoms with van der Waals surface area (Å²) >= 11 is 0. The molecule has 0 aliphatic carbocycles. The molecule has 2 aromatic heterocycles. The van der Waals surface area contributed by atoms with Crippen LogP contribution in [-0.4, -0.2) is 33.4 Å². The zero-order valence-electron chi connectivity index (χ0n) is 18.0. The highest BCUT2D eigenvalue weighted by molar-refractivity contribution is 5.77. The summed E-state index contributed by atoms with van der Waals surface area (Å²) in [5, 5.41) is 15.1. The molecule has 164 valence electrons. The van der Waals surface area contributed by atoms with Crippen LogP contribution in [0.15, 0.2) is 57.5 Å². The van der Waals surface area contributed by atoms with Crippen molar-refractivity contribution in [1.82, 2.24) is 25.7 Å². The third-order valence-electron chi connectivity index (χ3n) is 4.89. The van der Waals surface area contributed by atoms with Crippen molar-refractivity contribution in [1.29, 1.82) is 0 Å². The van der Waals surface area contributed by atoms with E-state index in [4.69, 9.17) is 13.7 Å². The maximum Gasteiger partial charge on any atom is 0.247 e. The summed E-state index contributed by atoms with van der Waals surface area (Å²) in [6.45, 7) is 3.70. The Morgan fingerprint density at radius 1 is 1.09 bits per heavy atom. The minimum atomic E-state index is -0.623. The van der Waals surface area contributed by atoms with Gasteiger partial charge in [0, 0.05) is 30.9 Å². The molecule has 4 aromatic rings. The van der Waals surface area contributed by atoms with Gasteiger partial charge in [0.2, 0.25) is 23.6 Å². The summed E-state index contributed by atoms with van der Waals surface area (Å²) in [5.41, 5.74) is 2.71. The molecule has 2 aromatic carbocycles. The van der Waals surface area contributed by atoms with Crippen LogP contribution in [0.4, 0.5) is 0 Å². The number of para-hydroxylation sites is 1. The number of carbonyl (C=O) groups excluding carboxylic acids is 1. The molecule has 9 nitrogen and oxygen atoms in total. The van der Waals surface area contributed by atoms with Crippen LogP contribution in [0.3, 0.4) is 0 Å². The molecule has 0 saturated carbocycles. The van der Waals surface area contributed by atoms with Gasteiger partial charge in [-0.1, -0.05) is 41.1 Å². The lowest BCUT2D eigenvalue weighted by atomic mass is 10.0. The van der Waals surface area contributed by atoms with Gasteiger partial charge in [-0.2, -0.15) is 4.98 Å². The van der Waals surface area contributed by atoms with Crippen molar-refractivity contribution in [2.45, 2.75) is 32.7 Å². The normalized spacial score (nSPS) is 11.8. The number of aromatic nitrogens is 4. The molecule has 9 heteroatoms. The monoisotopic (exact) mass is 433 g/mol. The van der Waals surface area contributed by atoms with E-state index in [0.717, 1.165) is 16.7 Å². The predicted molar refractivity (Wildman–Crippen MR) is 115 cm³/mol. The molecule has 0 fully saturated rings. The van der Waals surface area contributed by atoms with Crippen molar-refractivity contribution in [3.63, 3.8) is 0 Å². The highest BCUT2D eigenvalue weighted by Gasteiger charge is 2.25. The Bertz CT molecular complexity index is 1200. The van der Waals surface area contributed by atoms with Gasteiger partial charge in [0.05, 0.1) is 7.11 Å². The number of ether oxygens (including phenoxy) is 1. The van der Waals surface area contributed by atoms with Gasteiger partial charge in [-0.15, -0.1) is 10.2 Å². The molecule has 0 radical (unpaired) electrons. The first-order valence-electron chi connectivity index (χ1n) is 10.2. The van der Waals surface area contributed by atoms with Gasteiger partial charge < -0.3 is 19.0 Å². The van der Waals surface area contributed by atoms with Crippen molar-refractivity contribution in [3.8, 4) is 17.2 Å². The van der Waals surface area contributed by atoms with Gasteiger partial charge in [-0.05, 0) is 25.1 Å². The molecule has 1 atom stereocenters. The molecule has 1 unspecified atom stereocenters. The quantitative estimate of drug-likeness (QED) is 0.448. The second kappa shape index (κ2) is 9.42. The molecule has 0 bridgehead atoms. The van der Waals surface area contributed by atoms with Gasteiger partial charge in [-0.3, -0.25) is 4.79 Å². The number of aryl methyl sites for hydroxylation is 3. The second-order valence-electron chi connectivity index (χ2n) is 7.28. The van der Waals surface area contributed by atoms with E-state index in [2.05, 4.69) is 25.7 Å². The molecule has 1 N–H and O–H groups in total. The smallest absolute Gasteiger partial charge is 0.247 e. The Kier molecular flexibility index (Phi) is 6.25. The highest BCUT2D eigenvalue weighted by Crippen LogP contribution is 2.28. The number of nitrogens with zero attached hydrogens (tertiary/aromatic N) is 4. The lowest BCUT2D eigenvalue weighted by Crippen LogP contribution is -2.30. The molecule has 1 amide bonds. The summed E-state index contributed by atoms with van der Waals surface area (Å²) in [6, 6.07) is 14.5. The maximum absolute atomic E-state index is 12.8. The first-order chi connectivity index (χ1) is 15.5. The van der Waals surface area contributed by atoms with E-state index in [1.807, 2.05) is 55.5 Å². The van der Waals surface area contributed by atoms with E-state index in [9.17, 15) is 4.79 Å². The summed E-state index contributed by atoms with van der Waals surface area (Å²) in [4.78, 5) is 17.1. The number of methoxy groups -OCH3 is 1. The van der Waals surface area contributed by atoms with E-state index in [1.165, 1.54) is 0 Å². The molecule has 4 rings (SSSR count). The van der Waals surface area contributed by atoms with E-state index in [1.54, 1.807) is 14.0 Å². The third-order valence-corrected chi connectivity index (χ3v) is 4.89. The van der Waals surface area contributed by atoms with Crippen LogP contribution in [0.1, 0.15) is 41.2 Å². The van der Waals surface area contributed by atoms with E-state index in [0.29, 0.717) is 35.7 Å². The largest absolute Gasteiger partial charge is 0.496 e. The van der Waals surface area contributed by atoms with Crippen molar-refractivity contribution in [2.24, 2.45) is 0 Å². The van der Waals surface area contributed by atoms with E-state index >= 15 is 0 Å². The zero-order chi connectivity index (χ0) is 22.5. The lowest BCUT2D eigenvalue weighted by Gasteiger charge is -2.18. The Balaban J connectivity index is 1.46. The standard InChI is InChI=1S/C23H23N5O4/c1-14-8-10-16(11-9-14)23-27-26-20(31-23)13-12-19(29)25-21(22-24-15(2)32-28-22)17-6-4-5-7-18(17)30-3/h4-11,21H,12-13H2,1-3H3,(H,25,29). The van der Waals surface area contributed by atoms with Crippen LogP contribution in [0.2, 0.25) is 0 Å². The van der Waals surface area contributed by atoms with E-state index in [-0.39, 0.29) is 12.3 Å². The van der Waals surface area contributed by atoms with Crippen molar-refractivity contribution in [2.75, 3.05) is 7.11 Å². The molecular weight excluding hydrogens is 410 g/mol. The minimum absolute atomic E-state index is 0.151. The van der Waals surface area contributed by atoms with Gasteiger partial charge in [-0.25, -0.2) is 0 Å². The summed E-state index contributed by atoms with van der Waals surface area (Å²) in [7, 11) is 1.57. The number of benzene rings is 2. The zero-order valence-corrected chi connectivity index (χ0v) is 18.0. The highest BCUT2D eigenvalue weighted by atomic mass is 16.5. The number of hydrogen-bond donors (Lipinski definition) is 1. The minimum Gasteiger partial charge on any atom is -0.496 e. The van der Waals surface area contributed by atoms with Crippen molar-refractivity contribution in [3.05, 3.63) is 77.3 Å². The Morgan fingerprint density at radius 3 is 2.59 bits per heavy atom. The van der Waals surface area contributed by atoms with Gasteiger partial charge >= 0.3 is 0 Å². The third kappa shape index (κ3) is 4.83. The number of amides is 1. The van der Waals surface area contributed by atoms with Crippen LogP contribution < -0.4 is 10.1 Å². The molecule has 0 spiro atoms. The maximum atomic E-state index is 12.8. The number of nitrogens with one attached hydrogen (secondary N) is 1. The van der Waals surface area contributed by atoms with Crippen LogP contribution >= 0.6 is 0 Å². The Labute approximate surface area is 184 Å². The average molecular weight is 433 g/mol. The number of rotatable bonds is 8. The molecule has 0 saturated heterocycles. The molecular formula is C23H23N5O4. The SMILES string of the molecule is COc1ccccc1C(NC(=O)CCc1nnc(-c2ccc(C)cc2)o1)c1noc(C)n1. The fraction of sp³-hybridized carbons (Fsp3) is 0.261. The van der Waals surface area contributed by atoms with Crippen LogP contribution in [0.25, 0.3) is 11.5 Å². The second-order valence-corrected chi connectivity index (χ2v) is 7.28. The van der Waals surface area contributed by atoms with Gasteiger partial charge in [0.1, 0.15) is 11.8 Å². The first-order valence-corrected chi connectivity index (χ1v) is 10.2. The van der Waals surface area contributed by atoms with Crippen LogP contribution in [0.5, 0.6) is 5.75 Å². The Hall–Kier alpha value is -4.01. The van der Waals surface area contributed by atoms with Gasteiger partial charge in [0.25, 0.3) is 0 Å².